The highest BCUT2D eigenvalue weighted by atomic mass is 32.2. The highest BCUT2D eigenvalue weighted by molar-refractivity contribution is 8.04. The molecule has 1 fully saturated rings. The molecule has 202 valence electrons. The van der Waals surface area contributed by atoms with Crippen molar-refractivity contribution in [2.75, 3.05) is 12.4 Å². The number of alkyl halides is 3. The molecule has 0 spiro atoms. The summed E-state index contributed by atoms with van der Waals surface area (Å²) in [4.78, 5) is 40.1. The first-order valence-corrected chi connectivity index (χ1v) is 12.5. The van der Waals surface area contributed by atoms with Crippen LogP contribution in [-0.4, -0.2) is 35.0 Å². The number of fused-ring (bicyclic) bond motifs is 1. The van der Waals surface area contributed by atoms with Gasteiger partial charge in [-0.3, -0.25) is 19.3 Å². The molecule has 2 aromatic rings. The van der Waals surface area contributed by atoms with Gasteiger partial charge in [0.15, 0.2) is 0 Å². The van der Waals surface area contributed by atoms with Crippen LogP contribution < -0.4 is 11.1 Å². The molecule has 2 aromatic carbocycles. The van der Waals surface area contributed by atoms with Gasteiger partial charge >= 0.3 is 12.1 Å². The van der Waals surface area contributed by atoms with Crippen LogP contribution in [0, 0.1) is 25.2 Å². The summed E-state index contributed by atoms with van der Waals surface area (Å²) in [6, 6.07) is 11.3. The molecule has 2 heterocycles. The van der Waals surface area contributed by atoms with E-state index in [0.717, 1.165) is 39.9 Å². The van der Waals surface area contributed by atoms with Crippen LogP contribution in [0.3, 0.4) is 0 Å². The van der Waals surface area contributed by atoms with Crippen molar-refractivity contribution in [1.82, 2.24) is 4.90 Å². The maximum absolute atomic E-state index is 13.9. The highest BCUT2D eigenvalue weighted by Crippen LogP contribution is 2.50. The number of allylic oxidation sites excluding steroid dienone is 1. The van der Waals surface area contributed by atoms with E-state index in [4.69, 9.17) is 5.73 Å². The third-order valence-electron chi connectivity index (χ3n) is 6.42. The molecule has 0 radical (unpaired) electrons. The molecule has 0 saturated carbocycles. The van der Waals surface area contributed by atoms with Crippen molar-refractivity contribution in [3.8, 4) is 6.07 Å². The molecule has 39 heavy (non-hydrogen) atoms. The number of nitrogens with one attached hydrogen (secondary N) is 1. The van der Waals surface area contributed by atoms with Crippen LogP contribution in [-0.2, 0) is 25.3 Å². The summed E-state index contributed by atoms with van der Waals surface area (Å²) < 4.78 is 44.4. The maximum Gasteiger partial charge on any atom is 0.416 e. The summed E-state index contributed by atoms with van der Waals surface area (Å²) >= 11 is 0.913. The van der Waals surface area contributed by atoms with Crippen molar-refractivity contribution in [2.45, 2.75) is 37.6 Å². The van der Waals surface area contributed by atoms with E-state index in [9.17, 15) is 32.8 Å². The van der Waals surface area contributed by atoms with Crippen molar-refractivity contribution >= 4 is 35.2 Å². The maximum atomic E-state index is 13.9. The summed E-state index contributed by atoms with van der Waals surface area (Å²) in [5.74, 6) is -3.39. The molecule has 0 bridgehead atoms. The SMILES string of the molecule is COC(=O)CC1SC2=C(C(=O)Nc3ccc(C)cc3C)C(c3ccc(C(F)(F)F)cc3)C(C#N)=C(N)N2C1=O. The van der Waals surface area contributed by atoms with E-state index in [1.54, 1.807) is 19.1 Å². The molecule has 0 aliphatic carbocycles. The molecule has 3 N–H and O–H groups in total. The third-order valence-corrected chi connectivity index (χ3v) is 7.70. The Labute approximate surface area is 226 Å². The number of esters is 1. The Morgan fingerprint density at radius 3 is 2.41 bits per heavy atom. The predicted molar refractivity (Wildman–Crippen MR) is 137 cm³/mol. The largest absolute Gasteiger partial charge is 0.469 e. The lowest BCUT2D eigenvalue weighted by atomic mass is 9.82. The Balaban J connectivity index is 1.88. The van der Waals surface area contributed by atoms with E-state index in [1.165, 1.54) is 19.2 Å². The number of halogens is 3. The molecule has 2 amide bonds. The number of carbonyl (C=O) groups excluding carboxylic acids is 3. The minimum Gasteiger partial charge on any atom is -0.469 e. The van der Waals surface area contributed by atoms with Gasteiger partial charge in [-0.1, -0.05) is 41.6 Å². The Morgan fingerprint density at radius 2 is 1.85 bits per heavy atom. The zero-order valence-electron chi connectivity index (χ0n) is 21.1. The van der Waals surface area contributed by atoms with Crippen LogP contribution in [0.15, 0.2) is 64.5 Å². The number of nitriles is 1. The van der Waals surface area contributed by atoms with Gasteiger partial charge in [0.2, 0.25) is 5.91 Å². The van der Waals surface area contributed by atoms with E-state index < -0.39 is 40.7 Å². The van der Waals surface area contributed by atoms with Crippen LogP contribution in [0.1, 0.15) is 34.6 Å². The molecular weight excluding hydrogens is 533 g/mol. The smallest absolute Gasteiger partial charge is 0.416 e. The van der Waals surface area contributed by atoms with Gasteiger partial charge in [0, 0.05) is 5.69 Å². The zero-order valence-corrected chi connectivity index (χ0v) is 21.9. The number of rotatable bonds is 5. The number of hydrogen-bond donors (Lipinski definition) is 2. The van der Waals surface area contributed by atoms with Gasteiger partial charge in [-0.05, 0) is 43.2 Å². The Bertz CT molecular complexity index is 1480. The number of aryl methyl sites for hydroxylation is 2. The van der Waals surface area contributed by atoms with Crippen LogP contribution in [0.25, 0.3) is 0 Å². The van der Waals surface area contributed by atoms with Gasteiger partial charge in [0.25, 0.3) is 5.91 Å². The molecule has 12 heteroatoms. The van der Waals surface area contributed by atoms with Crippen molar-refractivity contribution in [3.05, 3.63) is 86.7 Å². The van der Waals surface area contributed by atoms with E-state index in [2.05, 4.69) is 10.1 Å². The minimum absolute atomic E-state index is 0.0498. The lowest BCUT2D eigenvalue weighted by Gasteiger charge is -2.32. The topological polar surface area (TPSA) is 126 Å². The van der Waals surface area contributed by atoms with Crippen LogP contribution in [0.2, 0.25) is 0 Å². The molecule has 2 aliphatic heterocycles. The average molecular weight is 557 g/mol. The van der Waals surface area contributed by atoms with Gasteiger partial charge in [-0.25, -0.2) is 0 Å². The normalized spacial score (nSPS) is 19.1. The lowest BCUT2D eigenvalue weighted by Crippen LogP contribution is -2.39. The van der Waals surface area contributed by atoms with Gasteiger partial charge in [-0.2, -0.15) is 18.4 Å². The average Bonchev–Trinajstić information content (AvgIpc) is 3.20. The summed E-state index contributed by atoms with van der Waals surface area (Å²) in [5.41, 5.74) is 7.50. The number of methoxy groups -OCH3 is 1. The van der Waals surface area contributed by atoms with Crippen LogP contribution in [0.5, 0.6) is 0 Å². The summed E-state index contributed by atoms with van der Waals surface area (Å²) in [6.07, 6.45) is -4.91. The summed E-state index contributed by atoms with van der Waals surface area (Å²) in [7, 11) is 1.17. The molecule has 2 atom stereocenters. The Morgan fingerprint density at radius 1 is 1.18 bits per heavy atom. The number of ether oxygens (including phenoxy) is 1. The van der Waals surface area contributed by atoms with Crippen LogP contribution in [0.4, 0.5) is 18.9 Å². The van der Waals surface area contributed by atoms with Crippen molar-refractivity contribution in [2.24, 2.45) is 5.73 Å². The van der Waals surface area contributed by atoms with E-state index in [-0.39, 0.29) is 34.0 Å². The predicted octanol–water partition coefficient (Wildman–Crippen LogP) is 4.47. The quantitative estimate of drug-likeness (QED) is 0.521. The van der Waals surface area contributed by atoms with Crippen molar-refractivity contribution in [3.63, 3.8) is 0 Å². The molecular formula is C27H23F3N4O4S. The first-order valence-electron chi connectivity index (χ1n) is 11.6. The highest BCUT2D eigenvalue weighted by Gasteiger charge is 2.48. The Hall–Kier alpha value is -4.24. The second kappa shape index (κ2) is 10.5. The summed E-state index contributed by atoms with van der Waals surface area (Å²) in [5, 5.41) is 12.0. The number of thioether (sulfide) groups is 1. The number of nitrogens with zero attached hydrogens (tertiary/aromatic N) is 2. The van der Waals surface area contributed by atoms with E-state index in [0.29, 0.717) is 5.69 Å². The van der Waals surface area contributed by atoms with Gasteiger partial charge in [0.05, 0.1) is 47.3 Å². The van der Waals surface area contributed by atoms with Crippen LogP contribution >= 0.6 is 11.8 Å². The third kappa shape index (κ3) is 5.22. The standard InChI is InChI=1S/C27H23F3N4O4S/c1-13-4-9-18(14(2)10-13)33-24(36)22-21(15-5-7-16(8-6-15)27(28,29)30)17(12-31)23(32)34-25(37)19(39-26(22)34)11-20(35)38-3/h4-10,19,21H,11,32H2,1-3H3,(H,33,36). The number of hydrogen-bond acceptors (Lipinski definition) is 7. The zero-order chi connectivity index (χ0) is 28.6. The van der Waals surface area contributed by atoms with E-state index >= 15 is 0 Å². The molecule has 2 aliphatic rings. The molecule has 1 saturated heterocycles. The number of amides is 2. The van der Waals surface area contributed by atoms with Crippen molar-refractivity contribution in [1.29, 1.82) is 5.26 Å². The fourth-order valence-corrected chi connectivity index (χ4v) is 5.81. The number of anilines is 1. The molecule has 4 rings (SSSR count). The second-order valence-electron chi connectivity index (χ2n) is 9.02. The molecule has 8 nitrogen and oxygen atoms in total. The number of carbonyl (C=O) groups is 3. The van der Waals surface area contributed by atoms with Gasteiger partial charge in [0.1, 0.15) is 11.1 Å². The fraction of sp³-hybridized carbons (Fsp3) is 0.259. The number of benzene rings is 2. The Kier molecular flexibility index (Phi) is 7.48. The monoisotopic (exact) mass is 556 g/mol. The lowest BCUT2D eigenvalue weighted by molar-refractivity contribution is -0.142. The van der Waals surface area contributed by atoms with E-state index in [1.807, 2.05) is 19.1 Å². The first kappa shape index (κ1) is 27.8. The van der Waals surface area contributed by atoms with Gasteiger partial charge in [-0.15, -0.1) is 0 Å². The fourth-order valence-electron chi connectivity index (χ4n) is 4.49. The summed E-state index contributed by atoms with van der Waals surface area (Å²) in [6.45, 7) is 3.68. The van der Waals surface area contributed by atoms with Crippen molar-refractivity contribution < 1.29 is 32.3 Å². The first-order chi connectivity index (χ1) is 18.4. The minimum atomic E-state index is -4.59. The second-order valence-corrected chi connectivity index (χ2v) is 10.2. The number of nitrogens with two attached hydrogens (primary N) is 1. The molecule has 2 unspecified atom stereocenters. The molecule has 0 aromatic heterocycles. The van der Waals surface area contributed by atoms with Gasteiger partial charge < -0.3 is 15.8 Å².